The molecule has 0 saturated heterocycles. The van der Waals surface area contributed by atoms with Crippen molar-refractivity contribution < 1.29 is 14.0 Å². The van der Waals surface area contributed by atoms with E-state index in [9.17, 15) is 14.0 Å². The van der Waals surface area contributed by atoms with Gasteiger partial charge in [-0.3, -0.25) is 9.59 Å². The number of hydrogen-bond acceptors (Lipinski definition) is 2. The summed E-state index contributed by atoms with van der Waals surface area (Å²) in [5.41, 5.74) is 0.569. The highest BCUT2D eigenvalue weighted by atomic mass is 35.5. The lowest BCUT2D eigenvalue weighted by Crippen LogP contribution is -2.29. The molecule has 0 bridgehead atoms. The molecule has 7 heteroatoms. The normalized spacial score (nSPS) is 10.0. The predicted molar refractivity (Wildman–Crippen MR) is 80.1 cm³/mol. The molecule has 2 aromatic carbocycles. The second-order valence-electron chi connectivity index (χ2n) is 4.04. The van der Waals surface area contributed by atoms with Crippen LogP contribution in [0.2, 0.25) is 10.0 Å². The minimum Gasteiger partial charge on any atom is -0.318 e. The van der Waals surface area contributed by atoms with Gasteiger partial charge in [-0.2, -0.15) is 0 Å². The van der Waals surface area contributed by atoms with Gasteiger partial charge in [-0.25, -0.2) is 4.39 Å². The van der Waals surface area contributed by atoms with Crippen LogP contribution < -0.4 is 10.6 Å². The van der Waals surface area contributed by atoms with Gasteiger partial charge < -0.3 is 10.6 Å². The van der Waals surface area contributed by atoms with Crippen molar-refractivity contribution in [1.29, 1.82) is 0 Å². The molecule has 108 valence electrons. The van der Waals surface area contributed by atoms with E-state index in [0.717, 1.165) is 0 Å². The van der Waals surface area contributed by atoms with E-state index in [2.05, 4.69) is 10.6 Å². The Labute approximate surface area is 129 Å². The summed E-state index contributed by atoms with van der Waals surface area (Å²) in [5.74, 6) is -2.23. The summed E-state index contributed by atoms with van der Waals surface area (Å²) in [6.45, 7) is 0. The Kier molecular flexibility index (Phi) is 4.77. The van der Waals surface area contributed by atoms with E-state index in [1.165, 1.54) is 42.5 Å². The Balaban J connectivity index is 2.02. The fraction of sp³-hybridized carbons (Fsp3) is 0. The summed E-state index contributed by atoms with van der Waals surface area (Å²) in [6, 6.07) is 9.48. The average Bonchev–Trinajstić information content (AvgIpc) is 2.44. The minimum atomic E-state index is -0.899. The first kappa shape index (κ1) is 15.3. The molecule has 0 saturated carbocycles. The molecule has 0 unspecified atom stereocenters. The standard InChI is InChI=1S/C14H9Cl2FN2O2/c15-8-1-6-12(11(16)7-8)19-14(21)13(20)18-10-4-2-9(17)3-5-10/h1-7H,(H,18,20)(H,19,21). The van der Waals surface area contributed by atoms with Gasteiger partial charge in [-0.15, -0.1) is 0 Å². The highest BCUT2D eigenvalue weighted by Crippen LogP contribution is 2.25. The second-order valence-corrected chi connectivity index (χ2v) is 4.88. The van der Waals surface area contributed by atoms with Crippen molar-refractivity contribution in [2.75, 3.05) is 10.6 Å². The van der Waals surface area contributed by atoms with Crippen LogP contribution in [0.25, 0.3) is 0 Å². The molecular formula is C14H9Cl2FN2O2. The molecule has 2 aromatic rings. The molecule has 0 aromatic heterocycles. The molecule has 0 aliphatic rings. The zero-order chi connectivity index (χ0) is 15.4. The van der Waals surface area contributed by atoms with E-state index in [-0.39, 0.29) is 10.7 Å². The van der Waals surface area contributed by atoms with Crippen LogP contribution in [0.4, 0.5) is 15.8 Å². The lowest BCUT2D eigenvalue weighted by molar-refractivity contribution is -0.132. The van der Waals surface area contributed by atoms with E-state index < -0.39 is 17.6 Å². The topological polar surface area (TPSA) is 58.2 Å². The lowest BCUT2D eigenvalue weighted by atomic mass is 10.3. The van der Waals surface area contributed by atoms with Crippen LogP contribution in [0.15, 0.2) is 42.5 Å². The summed E-state index contributed by atoms with van der Waals surface area (Å²) in [5, 5.41) is 5.31. The van der Waals surface area contributed by atoms with E-state index in [0.29, 0.717) is 10.7 Å². The maximum Gasteiger partial charge on any atom is 0.314 e. The van der Waals surface area contributed by atoms with Crippen molar-refractivity contribution in [3.05, 3.63) is 58.3 Å². The van der Waals surface area contributed by atoms with E-state index in [1.807, 2.05) is 0 Å². The Morgan fingerprint density at radius 1 is 0.905 bits per heavy atom. The van der Waals surface area contributed by atoms with Gasteiger partial charge in [0.1, 0.15) is 5.82 Å². The van der Waals surface area contributed by atoms with Gasteiger partial charge >= 0.3 is 11.8 Å². The monoisotopic (exact) mass is 326 g/mol. The summed E-state index contributed by atoms with van der Waals surface area (Å²) in [4.78, 5) is 23.4. The largest absolute Gasteiger partial charge is 0.318 e. The van der Waals surface area contributed by atoms with Crippen LogP contribution in [-0.4, -0.2) is 11.8 Å². The third-order valence-electron chi connectivity index (χ3n) is 2.49. The third-order valence-corrected chi connectivity index (χ3v) is 3.04. The first-order valence-electron chi connectivity index (χ1n) is 5.78. The Morgan fingerprint density at radius 3 is 2.14 bits per heavy atom. The lowest BCUT2D eigenvalue weighted by Gasteiger charge is -2.08. The van der Waals surface area contributed by atoms with Gasteiger partial charge in [0.15, 0.2) is 0 Å². The van der Waals surface area contributed by atoms with Crippen LogP contribution in [-0.2, 0) is 9.59 Å². The fourth-order valence-corrected chi connectivity index (χ4v) is 1.95. The third kappa shape index (κ3) is 4.18. The number of carbonyl (C=O) groups is 2. The van der Waals surface area contributed by atoms with Gasteiger partial charge in [-0.1, -0.05) is 23.2 Å². The molecule has 0 atom stereocenters. The molecule has 0 heterocycles. The molecule has 2 N–H and O–H groups in total. The molecule has 21 heavy (non-hydrogen) atoms. The number of benzene rings is 2. The summed E-state index contributed by atoms with van der Waals surface area (Å²) >= 11 is 11.6. The Bertz CT molecular complexity index is 690. The molecular weight excluding hydrogens is 318 g/mol. The minimum absolute atomic E-state index is 0.213. The van der Waals surface area contributed by atoms with Gasteiger partial charge in [0.2, 0.25) is 0 Å². The predicted octanol–water partition coefficient (Wildman–Crippen LogP) is 3.71. The SMILES string of the molecule is O=C(Nc1ccc(F)cc1)C(=O)Nc1ccc(Cl)cc1Cl. The fourth-order valence-electron chi connectivity index (χ4n) is 1.49. The average molecular weight is 327 g/mol. The van der Waals surface area contributed by atoms with Crippen molar-refractivity contribution in [1.82, 2.24) is 0 Å². The van der Waals surface area contributed by atoms with Gasteiger partial charge in [-0.05, 0) is 42.5 Å². The Hall–Kier alpha value is -2.11. The van der Waals surface area contributed by atoms with Crippen molar-refractivity contribution in [2.45, 2.75) is 0 Å². The summed E-state index contributed by atoms with van der Waals surface area (Å²) < 4.78 is 12.7. The van der Waals surface area contributed by atoms with E-state index in [4.69, 9.17) is 23.2 Å². The number of rotatable bonds is 2. The van der Waals surface area contributed by atoms with Crippen LogP contribution in [0.3, 0.4) is 0 Å². The smallest absolute Gasteiger partial charge is 0.314 e. The molecule has 4 nitrogen and oxygen atoms in total. The summed E-state index contributed by atoms with van der Waals surface area (Å²) in [7, 11) is 0. The number of nitrogens with one attached hydrogen (secondary N) is 2. The highest BCUT2D eigenvalue weighted by Gasteiger charge is 2.15. The van der Waals surface area contributed by atoms with Crippen molar-refractivity contribution >= 4 is 46.4 Å². The number of amides is 2. The van der Waals surface area contributed by atoms with Crippen LogP contribution in [0.1, 0.15) is 0 Å². The number of anilines is 2. The quantitative estimate of drug-likeness (QED) is 0.826. The number of halogens is 3. The zero-order valence-corrected chi connectivity index (χ0v) is 12.0. The molecule has 0 aliphatic heterocycles. The van der Waals surface area contributed by atoms with Crippen molar-refractivity contribution in [3.8, 4) is 0 Å². The zero-order valence-electron chi connectivity index (χ0n) is 10.5. The molecule has 2 rings (SSSR count). The maximum absolute atomic E-state index is 12.7. The first-order valence-corrected chi connectivity index (χ1v) is 6.54. The van der Waals surface area contributed by atoms with Gasteiger partial charge in [0.05, 0.1) is 10.7 Å². The van der Waals surface area contributed by atoms with E-state index >= 15 is 0 Å². The van der Waals surface area contributed by atoms with Crippen molar-refractivity contribution in [3.63, 3.8) is 0 Å². The Morgan fingerprint density at radius 2 is 1.52 bits per heavy atom. The first-order chi connectivity index (χ1) is 9.95. The molecule has 0 radical (unpaired) electrons. The molecule has 0 aliphatic carbocycles. The van der Waals surface area contributed by atoms with E-state index in [1.54, 1.807) is 0 Å². The van der Waals surface area contributed by atoms with Crippen LogP contribution in [0.5, 0.6) is 0 Å². The molecule has 2 amide bonds. The number of carbonyl (C=O) groups excluding carboxylic acids is 2. The molecule has 0 fully saturated rings. The highest BCUT2D eigenvalue weighted by molar-refractivity contribution is 6.45. The summed E-state index contributed by atoms with van der Waals surface area (Å²) in [6.07, 6.45) is 0. The molecule has 0 spiro atoms. The van der Waals surface area contributed by atoms with Crippen LogP contribution >= 0.6 is 23.2 Å². The van der Waals surface area contributed by atoms with Crippen molar-refractivity contribution in [2.24, 2.45) is 0 Å². The van der Waals surface area contributed by atoms with Crippen LogP contribution in [0, 0.1) is 5.82 Å². The van der Waals surface area contributed by atoms with Gasteiger partial charge in [0.25, 0.3) is 0 Å². The second kappa shape index (κ2) is 6.56. The number of hydrogen-bond donors (Lipinski definition) is 2. The maximum atomic E-state index is 12.7. The van der Waals surface area contributed by atoms with Gasteiger partial charge in [0, 0.05) is 10.7 Å².